The van der Waals surface area contributed by atoms with Crippen LogP contribution in [-0.2, 0) is 0 Å². The van der Waals surface area contributed by atoms with E-state index >= 15 is 0 Å². The number of rotatable bonds is 3. The van der Waals surface area contributed by atoms with E-state index in [1.165, 1.54) is 0 Å². The second kappa shape index (κ2) is 6.36. The monoisotopic (exact) mass is 312 g/mol. The van der Waals surface area contributed by atoms with Gasteiger partial charge in [-0.15, -0.1) is 0 Å². The van der Waals surface area contributed by atoms with Crippen LogP contribution in [0.3, 0.4) is 0 Å². The third-order valence-corrected chi connectivity index (χ3v) is 4.27. The smallest absolute Gasteiger partial charge is 0.257 e. The predicted molar refractivity (Wildman–Crippen MR) is 85.4 cm³/mol. The molecule has 1 amide bonds. The van der Waals surface area contributed by atoms with Gasteiger partial charge < -0.3 is 9.32 Å². The van der Waals surface area contributed by atoms with E-state index in [2.05, 4.69) is 4.98 Å². The van der Waals surface area contributed by atoms with Gasteiger partial charge in [-0.2, -0.15) is 0 Å². The number of ketones is 1. The summed E-state index contributed by atoms with van der Waals surface area (Å²) >= 11 is 0. The normalized spacial score (nSPS) is 18.0. The molecule has 23 heavy (non-hydrogen) atoms. The van der Waals surface area contributed by atoms with Crippen LogP contribution in [0.1, 0.15) is 45.2 Å². The van der Waals surface area contributed by atoms with Crippen LogP contribution in [0.15, 0.2) is 34.9 Å². The number of Topliss-reactive ketones (excluding diaryl/α,β-unsaturated/α-hetero) is 1. The van der Waals surface area contributed by atoms with Gasteiger partial charge in [-0.25, -0.2) is 0 Å². The Balaban J connectivity index is 1.74. The minimum Gasteiger partial charge on any atom is -0.466 e. The van der Waals surface area contributed by atoms with Crippen LogP contribution in [-0.4, -0.2) is 34.7 Å². The molecular formula is C18H20N2O3. The number of carbonyl (C=O) groups excluding carboxylic acids is 2. The fourth-order valence-corrected chi connectivity index (χ4v) is 3.11. The molecule has 1 atom stereocenters. The zero-order chi connectivity index (χ0) is 16.4. The number of hydrogen-bond donors (Lipinski definition) is 0. The number of pyridine rings is 1. The molecule has 120 valence electrons. The van der Waals surface area contributed by atoms with Gasteiger partial charge in [0.25, 0.3) is 5.91 Å². The highest BCUT2D eigenvalue weighted by Crippen LogP contribution is 2.23. The molecule has 0 spiro atoms. The minimum absolute atomic E-state index is 0.0168. The number of piperidine rings is 1. The molecule has 3 heterocycles. The summed E-state index contributed by atoms with van der Waals surface area (Å²) < 4.78 is 5.45. The topological polar surface area (TPSA) is 63.4 Å². The number of furan rings is 1. The van der Waals surface area contributed by atoms with Gasteiger partial charge in [0.05, 0.1) is 5.56 Å². The van der Waals surface area contributed by atoms with Crippen molar-refractivity contribution >= 4 is 11.7 Å². The average Bonchev–Trinajstić information content (AvgIpc) is 2.93. The number of hydrogen-bond acceptors (Lipinski definition) is 4. The van der Waals surface area contributed by atoms with Crippen molar-refractivity contribution in [1.29, 1.82) is 0 Å². The Bertz CT molecular complexity index is 721. The lowest BCUT2D eigenvalue weighted by atomic mass is 9.91. The Morgan fingerprint density at radius 3 is 2.78 bits per heavy atom. The van der Waals surface area contributed by atoms with Crippen molar-refractivity contribution in [2.24, 2.45) is 5.92 Å². The Hall–Kier alpha value is -2.43. The van der Waals surface area contributed by atoms with Crippen molar-refractivity contribution in [3.8, 4) is 0 Å². The molecular weight excluding hydrogens is 292 g/mol. The molecule has 0 radical (unpaired) electrons. The predicted octanol–water partition coefficient (Wildman–Crippen LogP) is 3.03. The molecule has 0 aromatic carbocycles. The van der Waals surface area contributed by atoms with E-state index in [-0.39, 0.29) is 17.6 Å². The Morgan fingerprint density at radius 2 is 2.13 bits per heavy atom. The number of aryl methyl sites for hydroxylation is 2. The van der Waals surface area contributed by atoms with Crippen LogP contribution >= 0.6 is 0 Å². The number of likely N-dealkylation sites (tertiary alicyclic amines) is 1. The van der Waals surface area contributed by atoms with E-state index in [1.807, 2.05) is 13.0 Å². The van der Waals surface area contributed by atoms with Crippen molar-refractivity contribution in [1.82, 2.24) is 9.88 Å². The summed E-state index contributed by atoms with van der Waals surface area (Å²) in [5, 5.41) is 0. The van der Waals surface area contributed by atoms with Gasteiger partial charge in [0, 0.05) is 25.2 Å². The third kappa shape index (κ3) is 3.18. The summed E-state index contributed by atoms with van der Waals surface area (Å²) in [7, 11) is 0. The average molecular weight is 312 g/mol. The van der Waals surface area contributed by atoms with E-state index in [1.54, 1.807) is 36.2 Å². The first-order chi connectivity index (χ1) is 11.1. The molecule has 0 N–H and O–H groups in total. The van der Waals surface area contributed by atoms with E-state index in [0.29, 0.717) is 30.1 Å². The molecule has 5 nitrogen and oxygen atoms in total. The lowest BCUT2D eigenvalue weighted by molar-refractivity contribution is 0.0634. The van der Waals surface area contributed by atoms with E-state index in [9.17, 15) is 9.59 Å². The standard InChI is InChI=1S/C18H20N2O3/c1-12-10-15(13(2)23-12)18(22)20-9-5-6-14(11-20)17(21)16-7-3-4-8-19-16/h3-4,7-8,10,14H,5-6,9,11H2,1-2H3/t14-/m1/s1. The van der Waals surface area contributed by atoms with Crippen molar-refractivity contribution in [2.45, 2.75) is 26.7 Å². The summed E-state index contributed by atoms with van der Waals surface area (Å²) in [6.07, 6.45) is 3.24. The summed E-state index contributed by atoms with van der Waals surface area (Å²) in [6.45, 7) is 4.74. The van der Waals surface area contributed by atoms with Gasteiger partial charge >= 0.3 is 0 Å². The highest BCUT2D eigenvalue weighted by Gasteiger charge is 2.31. The van der Waals surface area contributed by atoms with Gasteiger partial charge in [0.15, 0.2) is 5.78 Å². The van der Waals surface area contributed by atoms with Gasteiger partial charge in [0.2, 0.25) is 0 Å². The fourth-order valence-electron chi connectivity index (χ4n) is 3.11. The number of nitrogens with zero attached hydrogens (tertiary/aromatic N) is 2. The maximum atomic E-state index is 12.7. The van der Waals surface area contributed by atoms with E-state index in [4.69, 9.17) is 4.42 Å². The molecule has 1 aliphatic rings. The highest BCUT2D eigenvalue weighted by atomic mass is 16.3. The molecule has 0 bridgehead atoms. The largest absolute Gasteiger partial charge is 0.466 e. The number of aromatic nitrogens is 1. The highest BCUT2D eigenvalue weighted by molar-refractivity contribution is 5.98. The Kier molecular flexibility index (Phi) is 4.28. The molecule has 1 saturated heterocycles. The zero-order valence-electron chi connectivity index (χ0n) is 13.4. The van der Waals surface area contributed by atoms with E-state index < -0.39 is 0 Å². The maximum Gasteiger partial charge on any atom is 0.257 e. The van der Waals surface area contributed by atoms with Crippen LogP contribution in [0.2, 0.25) is 0 Å². The molecule has 0 aliphatic carbocycles. The van der Waals surface area contributed by atoms with Crippen LogP contribution in [0.5, 0.6) is 0 Å². The quantitative estimate of drug-likeness (QED) is 0.817. The molecule has 1 fully saturated rings. The Labute approximate surface area is 135 Å². The summed E-state index contributed by atoms with van der Waals surface area (Å²) in [4.78, 5) is 31.1. The summed E-state index contributed by atoms with van der Waals surface area (Å²) in [5.74, 6) is 1.13. The van der Waals surface area contributed by atoms with Crippen molar-refractivity contribution in [3.05, 3.63) is 53.2 Å². The lowest BCUT2D eigenvalue weighted by Gasteiger charge is -2.31. The van der Waals surface area contributed by atoms with Crippen molar-refractivity contribution in [2.75, 3.05) is 13.1 Å². The molecule has 2 aromatic heterocycles. The van der Waals surface area contributed by atoms with Gasteiger partial charge in [-0.3, -0.25) is 14.6 Å². The minimum atomic E-state index is -0.184. The molecule has 0 saturated carbocycles. The van der Waals surface area contributed by atoms with Gasteiger partial charge in [-0.1, -0.05) is 6.07 Å². The first kappa shape index (κ1) is 15.5. The third-order valence-electron chi connectivity index (χ3n) is 4.27. The van der Waals surface area contributed by atoms with Crippen LogP contribution in [0, 0.1) is 19.8 Å². The molecule has 3 rings (SSSR count). The second-order valence-corrected chi connectivity index (χ2v) is 6.00. The van der Waals surface area contributed by atoms with Crippen LogP contribution in [0.25, 0.3) is 0 Å². The second-order valence-electron chi connectivity index (χ2n) is 6.00. The van der Waals surface area contributed by atoms with E-state index in [0.717, 1.165) is 18.6 Å². The number of carbonyl (C=O) groups is 2. The molecule has 2 aromatic rings. The summed E-state index contributed by atoms with van der Waals surface area (Å²) in [6, 6.07) is 7.09. The molecule has 0 unspecified atom stereocenters. The van der Waals surface area contributed by atoms with Crippen molar-refractivity contribution < 1.29 is 14.0 Å². The summed E-state index contributed by atoms with van der Waals surface area (Å²) in [5.41, 5.74) is 1.07. The Morgan fingerprint density at radius 1 is 1.30 bits per heavy atom. The first-order valence-electron chi connectivity index (χ1n) is 7.88. The van der Waals surface area contributed by atoms with Gasteiger partial charge in [0.1, 0.15) is 17.2 Å². The molecule has 5 heteroatoms. The fraction of sp³-hybridized carbons (Fsp3) is 0.389. The van der Waals surface area contributed by atoms with Crippen LogP contribution < -0.4 is 0 Å². The molecule has 1 aliphatic heterocycles. The van der Waals surface area contributed by atoms with Crippen molar-refractivity contribution in [3.63, 3.8) is 0 Å². The first-order valence-corrected chi connectivity index (χ1v) is 7.88. The zero-order valence-corrected chi connectivity index (χ0v) is 13.4. The number of amides is 1. The maximum absolute atomic E-state index is 12.7. The lowest BCUT2D eigenvalue weighted by Crippen LogP contribution is -2.42. The SMILES string of the molecule is Cc1cc(C(=O)N2CCC[C@@H](C(=O)c3ccccn3)C2)c(C)o1. The van der Waals surface area contributed by atoms with Gasteiger partial charge in [-0.05, 0) is 44.9 Å². The van der Waals surface area contributed by atoms with Crippen LogP contribution in [0.4, 0.5) is 0 Å².